The Kier molecular flexibility index (Phi) is 9.61. The van der Waals surface area contributed by atoms with Crippen molar-refractivity contribution < 1.29 is 29.5 Å². The van der Waals surface area contributed by atoms with E-state index in [1.165, 1.54) is 0 Å². The molecule has 0 atom stereocenters. The molecule has 6 aromatic carbocycles. The summed E-state index contributed by atoms with van der Waals surface area (Å²) in [5.41, 5.74) is 2.92. The maximum atomic E-state index is 9.54. The van der Waals surface area contributed by atoms with Crippen LogP contribution in [0.15, 0.2) is 160 Å². The third-order valence-corrected chi connectivity index (χ3v) is 9.43. The Labute approximate surface area is 271 Å². The van der Waals surface area contributed by atoms with Crippen LogP contribution in [0.1, 0.15) is 16.7 Å². The van der Waals surface area contributed by atoms with Crippen molar-refractivity contribution in [1.29, 1.82) is 0 Å². The van der Waals surface area contributed by atoms with E-state index in [4.69, 9.17) is 14.2 Å². The molecule has 0 aromatic heterocycles. The lowest BCUT2D eigenvalue weighted by Gasteiger charge is -2.12. The van der Waals surface area contributed by atoms with Crippen LogP contribution >= 0.6 is 0 Å². The zero-order valence-corrected chi connectivity index (χ0v) is 25.8. The average molecular weight is 630 g/mol. The van der Waals surface area contributed by atoms with E-state index < -0.39 is 10.9 Å². The molecular weight excluding hydrogens is 596 g/mol. The monoisotopic (exact) mass is 629 g/mol. The summed E-state index contributed by atoms with van der Waals surface area (Å²) < 4.78 is 18.0. The molecule has 0 heterocycles. The molecule has 6 rings (SSSR count). The first-order chi connectivity index (χ1) is 22.5. The van der Waals surface area contributed by atoms with Crippen molar-refractivity contribution in [3.63, 3.8) is 0 Å². The van der Waals surface area contributed by atoms with E-state index in [0.717, 1.165) is 48.6 Å². The van der Waals surface area contributed by atoms with Crippen LogP contribution in [0, 0.1) is 0 Å². The average Bonchev–Trinajstić information content (AvgIpc) is 3.09. The van der Waals surface area contributed by atoms with E-state index in [2.05, 4.69) is 36.4 Å². The number of hydrogen-bond acceptors (Lipinski definition) is 6. The zero-order chi connectivity index (χ0) is 31.7. The molecule has 0 aliphatic carbocycles. The van der Waals surface area contributed by atoms with Crippen molar-refractivity contribution in [3.05, 3.63) is 162 Å². The van der Waals surface area contributed by atoms with Gasteiger partial charge in [0.25, 0.3) is 0 Å². The summed E-state index contributed by atoms with van der Waals surface area (Å²) in [5.74, 6) is 2.97. The first-order valence-electron chi connectivity index (χ1n) is 14.8. The van der Waals surface area contributed by atoms with Crippen LogP contribution in [0.4, 0.5) is 0 Å². The summed E-state index contributed by atoms with van der Waals surface area (Å²) >= 11 is 0. The van der Waals surface area contributed by atoms with Gasteiger partial charge in [0.2, 0.25) is 0 Å². The van der Waals surface area contributed by atoms with Crippen LogP contribution in [-0.2, 0) is 30.7 Å². The van der Waals surface area contributed by atoms with Gasteiger partial charge in [-0.3, -0.25) is 0 Å². The quantitative estimate of drug-likeness (QED) is 0.118. The molecule has 0 aliphatic heterocycles. The summed E-state index contributed by atoms with van der Waals surface area (Å²) in [4.78, 5) is 3.40. The fourth-order valence-electron chi connectivity index (χ4n) is 4.70. The third kappa shape index (κ3) is 8.14. The first-order valence-corrected chi connectivity index (χ1v) is 16.0. The minimum atomic E-state index is -0.417. The van der Waals surface area contributed by atoms with Gasteiger partial charge in [0.15, 0.2) is 14.7 Å². The van der Waals surface area contributed by atoms with E-state index in [9.17, 15) is 15.3 Å². The standard InChI is InChI=1S/C39H32O6S/c40-31-7-1-28(2-8-31)25-43-34-13-19-37(20-14-34)46(38-21-15-35(16-22-38)44-26-29-3-9-32(41)10-4-29)39-23-17-36(18-24-39)45-27-30-5-11-33(42)12-6-30/h1-24H,25-27H2,(H2-,40,41,42)/p+1. The molecule has 0 saturated heterocycles. The van der Waals surface area contributed by atoms with E-state index in [1.807, 2.05) is 72.8 Å². The lowest BCUT2D eigenvalue weighted by Crippen LogP contribution is -2.05. The summed E-state index contributed by atoms with van der Waals surface area (Å²) in [6.07, 6.45) is 0. The molecule has 6 aromatic rings. The molecule has 230 valence electrons. The highest BCUT2D eigenvalue weighted by Crippen LogP contribution is 2.34. The topological polar surface area (TPSA) is 88.4 Å². The molecule has 0 spiro atoms. The van der Waals surface area contributed by atoms with Crippen molar-refractivity contribution in [2.75, 3.05) is 0 Å². The minimum absolute atomic E-state index is 0.231. The van der Waals surface area contributed by atoms with E-state index in [0.29, 0.717) is 19.8 Å². The SMILES string of the molecule is Oc1ccc(COc2ccc([S+](c3ccc(OCc4ccc(O)cc4)cc3)c3ccc(OCc4ccc(O)cc4)cc3)cc2)cc1. The van der Waals surface area contributed by atoms with E-state index in [1.54, 1.807) is 36.4 Å². The van der Waals surface area contributed by atoms with Gasteiger partial charge in [0.05, 0.1) is 10.9 Å². The van der Waals surface area contributed by atoms with Gasteiger partial charge in [-0.1, -0.05) is 36.4 Å². The molecule has 7 heteroatoms. The molecule has 6 nitrogen and oxygen atoms in total. The predicted octanol–water partition coefficient (Wildman–Crippen LogP) is 8.64. The number of rotatable bonds is 12. The Bertz CT molecular complexity index is 1600. The summed E-state index contributed by atoms with van der Waals surface area (Å²) in [5, 5.41) is 28.6. The molecule has 0 amide bonds. The van der Waals surface area contributed by atoms with E-state index in [-0.39, 0.29) is 17.2 Å². The highest BCUT2D eigenvalue weighted by molar-refractivity contribution is 7.97. The van der Waals surface area contributed by atoms with Gasteiger partial charge in [-0.25, -0.2) is 0 Å². The fourth-order valence-corrected chi connectivity index (χ4v) is 6.74. The maximum Gasteiger partial charge on any atom is 0.166 e. The molecule has 46 heavy (non-hydrogen) atoms. The van der Waals surface area contributed by atoms with Gasteiger partial charge in [0.1, 0.15) is 54.3 Å². The van der Waals surface area contributed by atoms with Crippen molar-refractivity contribution >= 4 is 10.9 Å². The van der Waals surface area contributed by atoms with Crippen LogP contribution in [0.2, 0.25) is 0 Å². The summed E-state index contributed by atoms with van der Waals surface area (Å²) in [6, 6.07) is 45.5. The molecule has 0 saturated carbocycles. The second-order valence-electron chi connectivity index (χ2n) is 10.6. The molecule has 0 aliphatic rings. The number of hydrogen-bond donors (Lipinski definition) is 3. The smallest absolute Gasteiger partial charge is 0.166 e. The highest BCUT2D eigenvalue weighted by atomic mass is 32.2. The van der Waals surface area contributed by atoms with Crippen LogP contribution in [0.3, 0.4) is 0 Å². The van der Waals surface area contributed by atoms with Crippen molar-refractivity contribution in [2.45, 2.75) is 34.5 Å². The van der Waals surface area contributed by atoms with Crippen LogP contribution in [0.5, 0.6) is 34.5 Å². The number of phenolic OH excluding ortho intramolecular Hbond substituents is 3. The van der Waals surface area contributed by atoms with Crippen molar-refractivity contribution in [2.24, 2.45) is 0 Å². The Balaban J connectivity index is 1.19. The summed E-state index contributed by atoms with van der Waals surface area (Å²) in [6.45, 7) is 1.22. The van der Waals surface area contributed by atoms with Crippen LogP contribution in [0.25, 0.3) is 0 Å². The van der Waals surface area contributed by atoms with Gasteiger partial charge in [0, 0.05) is 0 Å². The molecule has 0 unspecified atom stereocenters. The highest BCUT2D eigenvalue weighted by Gasteiger charge is 2.29. The largest absolute Gasteiger partial charge is 0.508 e. The first kappa shape index (κ1) is 30.5. The number of ether oxygens (including phenoxy) is 3. The van der Waals surface area contributed by atoms with Gasteiger partial charge in [-0.2, -0.15) is 0 Å². The van der Waals surface area contributed by atoms with Crippen molar-refractivity contribution in [1.82, 2.24) is 0 Å². The second kappa shape index (κ2) is 14.5. The minimum Gasteiger partial charge on any atom is -0.508 e. The molecule has 0 radical (unpaired) electrons. The third-order valence-electron chi connectivity index (χ3n) is 7.20. The Morgan fingerprint density at radius 1 is 0.326 bits per heavy atom. The number of aromatic hydroxyl groups is 3. The number of benzene rings is 6. The van der Waals surface area contributed by atoms with Crippen LogP contribution in [-0.4, -0.2) is 15.3 Å². The maximum absolute atomic E-state index is 9.54. The normalized spacial score (nSPS) is 10.9. The second-order valence-corrected chi connectivity index (χ2v) is 12.6. The summed E-state index contributed by atoms with van der Waals surface area (Å²) in [7, 11) is -0.417. The molecular formula is C39H33O6S+. The van der Waals surface area contributed by atoms with Gasteiger partial charge >= 0.3 is 0 Å². The Morgan fingerprint density at radius 2 is 0.565 bits per heavy atom. The lowest BCUT2D eigenvalue weighted by atomic mass is 10.2. The van der Waals surface area contributed by atoms with Crippen molar-refractivity contribution in [3.8, 4) is 34.5 Å². The molecule has 0 bridgehead atoms. The Hall–Kier alpha value is -5.53. The predicted molar refractivity (Wildman–Crippen MR) is 179 cm³/mol. The van der Waals surface area contributed by atoms with Gasteiger partial charge < -0.3 is 29.5 Å². The van der Waals surface area contributed by atoms with Crippen LogP contribution < -0.4 is 14.2 Å². The molecule has 3 N–H and O–H groups in total. The Morgan fingerprint density at radius 3 is 0.804 bits per heavy atom. The number of phenols is 3. The lowest BCUT2D eigenvalue weighted by molar-refractivity contribution is 0.306. The van der Waals surface area contributed by atoms with Gasteiger partial charge in [-0.15, -0.1) is 0 Å². The van der Waals surface area contributed by atoms with E-state index >= 15 is 0 Å². The molecule has 0 fully saturated rings. The van der Waals surface area contributed by atoms with Gasteiger partial charge in [-0.05, 0) is 126 Å². The fraction of sp³-hybridized carbons (Fsp3) is 0.0769. The zero-order valence-electron chi connectivity index (χ0n) is 25.0.